The smallest absolute Gasteiger partial charge is 0.263 e. The Morgan fingerprint density at radius 1 is 1.29 bits per heavy atom. The van der Waals surface area contributed by atoms with Gasteiger partial charge in [0.15, 0.2) is 0 Å². The lowest BCUT2D eigenvalue weighted by Crippen LogP contribution is -2.38. The molecular formula is C19H22FNO2S. The summed E-state index contributed by atoms with van der Waals surface area (Å²) in [5, 5.41) is 0. The maximum atomic E-state index is 13.1. The van der Waals surface area contributed by atoms with E-state index in [1.165, 1.54) is 17.0 Å². The van der Waals surface area contributed by atoms with Crippen LogP contribution in [0.4, 0.5) is 4.39 Å². The molecule has 1 amide bonds. The fourth-order valence-electron chi connectivity index (χ4n) is 3.03. The molecule has 1 aliphatic heterocycles. The van der Waals surface area contributed by atoms with Crippen molar-refractivity contribution < 1.29 is 13.9 Å². The third-order valence-electron chi connectivity index (χ3n) is 4.44. The Bertz CT molecular complexity index is 692. The lowest BCUT2D eigenvalue weighted by molar-refractivity contribution is 0.0685. The molecule has 0 N–H and O–H groups in total. The van der Waals surface area contributed by atoms with Gasteiger partial charge in [0.2, 0.25) is 0 Å². The molecule has 0 bridgehead atoms. The zero-order chi connectivity index (χ0) is 16.9. The average molecular weight is 347 g/mol. The maximum Gasteiger partial charge on any atom is 0.263 e. The van der Waals surface area contributed by atoms with Gasteiger partial charge in [0.25, 0.3) is 5.91 Å². The fourth-order valence-corrected chi connectivity index (χ4v) is 3.87. The van der Waals surface area contributed by atoms with Crippen molar-refractivity contribution in [2.45, 2.75) is 26.2 Å². The molecular weight excluding hydrogens is 325 g/mol. The van der Waals surface area contributed by atoms with Crippen molar-refractivity contribution in [3.8, 4) is 5.75 Å². The van der Waals surface area contributed by atoms with E-state index in [9.17, 15) is 9.18 Å². The summed E-state index contributed by atoms with van der Waals surface area (Å²) >= 11 is 1.56. The highest BCUT2D eigenvalue weighted by molar-refractivity contribution is 7.13. The lowest BCUT2D eigenvalue weighted by atomic mass is 9.94. The number of benzene rings is 1. The van der Waals surface area contributed by atoms with Crippen molar-refractivity contribution in [1.29, 1.82) is 0 Å². The van der Waals surface area contributed by atoms with Crippen LogP contribution in [0.25, 0.3) is 0 Å². The quantitative estimate of drug-likeness (QED) is 0.796. The highest BCUT2D eigenvalue weighted by atomic mass is 32.1. The first-order valence-corrected chi connectivity index (χ1v) is 9.17. The van der Waals surface area contributed by atoms with Gasteiger partial charge in [-0.05, 0) is 56.4 Å². The van der Waals surface area contributed by atoms with Crippen LogP contribution in [0, 0.1) is 18.7 Å². The number of amides is 1. The molecule has 1 saturated heterocycles. The molecule has 2 heterocycles. The van der Waals surface area contributed by atoms with Crippen LogP contribution in [0.2, 0.25) is 0 Å². The van der Waals surface area contributed by atoms with Crippen LogP contribution < -0.4 is 4.74 Å². The van der Waals surface area contributed by atoms with Crippen LogP contribution in [0.3, 0.4) is 0 Å². The van der Waals surface area contributed by atoms with Crippen LogP contribution >= 0.6 is 11.3 Å². The zero-order valence-corrected chi connectivity index (χ0v) is 14.7. The van der Waals surface area contributed by atoms with Gasteiger partial charge in [-0.15, -0.1) is 11.3 Å². The predicted molar refractivity (Wildman–Crippen MR) is 94.2 cm³/mol. The number of hydrogen-bond donors (Lipinski definition) is 0. The van der Waals surface area contributed by atoms with E-state index in [0.29, 0.717) is 18.3 Å². The maximum absolute atomic E-state index is 13.1. The Morgan fingerprint density at radius 2 is 2.08 bits per heavy atom. The number of carbonyl (C=O) groups is 1. The monoisotopic (exact) mass is 347 g/mol. The number of ether oxygens (including phenoxy) is 1. The number of halogens is 1. The molecule has 0 atom stereocenters. The summed E-state index contributed by atoms with van der Waals surface area (Å²) in [5.74, 6) is 1.02. The molecule has 3 rings (SSSR count). The Morgan fingerprint density at radius 3 is 2.75 bits per heavy atom. The van der Waals surface area contributed by atoms with Crippen LogP contribution in [-0.4, -0.2) is 30.5 Å². The van der Waals surface area contributed by atoms with Gasteiger partial charge in [-0.25, -0.2) is 4.39 Å². The van der Waals surface area contributed by atoms with Gasteiger partial charge in [0, 0.05) is 24.0 Å². The number of nitrogens with zero attached hydrogens (tertiary/aromatic N) is 1. The Balaban J connectivity index is 1.41. The Hall–Kier alpha value is -1.88. The second-order valence-corrected chi connectivity index (χ2v) is 7.53. The fraction of sp³-hybridized carbons (Fsp3) is 0.421. The number of hydrogen-bond acceptors (Lipinski definition) is 3. The molecule has 0 aliphatic carbocycles. The molecule has 24 heavy (non-hydrogen) atoms. The number of rotatable bonds is 5. The van der Waals surface area contributed by atoms with Gasteiger partial charge in [-0.2, -0.15) is 0 Å². The first kappa shape index (κ1) is 17.0. The van der Waals surface area contributed by atoms with Crippen molar-refractivity contribution in [3.63, 3.8) is 0 Å². The molecule has 5 heteroatoms. The summed E-state index contributed by atoms with van der Waals surface area (Å²) in [5.41, 5.74) is 0. The van der Waals surface area contributed by atoms with Gasteiger partial charge < -0.3 is 9.64 Å². The molecule has 0 spiro atoms. The number of aryl methyl sites for hydroxylation is 1. The van der Waals surface area contributed by atoms with E-state index in [1.807, 2.05) is 24.0 Å². The minimum atomic E-state index is -0.275. The standard InChI is InChI=1S/C19H22FNO2S/c1-14-5-6-18(24-14)19(22)21-10-7-15(8-11-21)9-12-23-17-4-2-3-16(20)13-17/h2-6,13,15H,7-12H2,1H3. The van der Waals surface area contributed by atoms with Gasteiger partial charge in [-0.3, -0.25) is 4.79 Å². The van der Waals surface area contributed by atoms with Crippen LogP contribution in [0.1, 0.15) is 33.8 Å². The molecule has 1 fully saturated rings. The van der Waals surface area contributed by atoms with Crippen LogP contribution in [-0.2, 0) is 0 Å². The number of thiophene rings is 1. The van der Waals surface area contributed by atoms with Crippen molar-refractivity contribution in [2.75, 3.05) is 19.7 Å². The third-order valence-corrected chi connectivity index (χ3v) is 5.43. The van der Waals surface area contributed by atoms with Crippen molar-refractivity contribution in [1.82, 2.24) is 4.90 Å². The molecule has 0 unspecified atom stereocenters. The molecule has 1 aromatic carbocycles. The van der Waals surface area contributed by atoms with Crippen molar-refractivity contribution in [2.24, 2.45) is 5.92 Å². The second kappa shape index (κ2) is 7.79. The first-order valence-electron chi connectivity index (χ1n) is 8.36. The van der Waals surface area contributed by atoms with E-state index in [4.69, 9.17) is 4.74 Å². The van der Waals surface area contributed by atoms with E-state index in [-0.39, 0.29) is 11.7 Å². The highest BCUT2D eigenvalue weighted by Crippen LogP contribution is 2.24. The molecule has 1 aromatic heterocycles. The summed E-state index contributed by atoms with van der Waals surface area (Å²) < 4.78 is 18.7. The van der Waals surface area contributed by atoms with Crippen LogP contribution in [0.15, 0.2) is 36.4 Å². The van der Waals surface area contributed by atoms with Crippen molar-refractivity contribution in [3.05, 3.63) is 52.0 Å². The van der Waals surface area contributed by atoms with Crippen molar-refractivity contribution >= 4 is 17.2 Å². The van der Waals surface area contributed by atoms with Gasteiger partial charge >= 0.3 is 0 Å². The van der Waals surface area contributed by atoms with E-state index in [0.717, 1.165) is 37.2 Å². The Kier molecular flexibility index (Phi) is 5.51. The minimum absolute atomic E-state index is 0.155. The summed E-state index contributed by atoms with van der Waals surface area (Å²) in [6, 6.07) is 10.2. The lowest BCUT2D eigenvalue weighted by Gasteiger charge is -2.31. The van der Waals surface area contributed by atoms with E-state index < -0.39 is 0 Å². The molecule has 128 valence electrons. The third kappa shape index (κ3) is 4.35. The summed E-state index contributed by atoms with van der Waals surface area (Å²) in [7, 11) is 0. The highest BCUT2D eigenvalue weighted by Gasteiger charge is 2.24. The second-order valence-electron chi connectivity index (χ2n) is 6.24. The van der Waals surface area contributed by atoms with Gasteiger partial charge in [-0.1, -0.05) is 6.07 Å². The topological polar surface area (TPSA) is 29.5 Å². The molecule has 0 radical (unpaired) electrons. The average Bonchev–Trinajstić information content (AvgIpc) is 3.01. The number of carbonyl (C=O) groups excluding carboxylic acids is 1. The predicted octanol–water partition coefficient (Wildman–Crippen LogP) is 4.52. The molecule has 1 aliphatic rings. The van der Waals surface area contributed by atoms with Crippen LogP contribution in [0.5, 0.6) is 5.75 Å². The summed E-state index contributed by atoms with van der Waals surface area (Å²) in [6.07, 6.45) is 2.95. The Labute approximate surface area is 146 Å². The minimum Gasteiger partial charge on any atom is -0.493 e. The number of piperidine rings is 1. The van der Waals surface area contributed by atoms with E-state index in [2.05, 4.69) is 0 Å². The largest absolute Gasteiger partial charge is 0.493 e. The molecule has 3 nitrogen and oxygen atoms in total. The molecule has 0 saturated carbocycles. The summed E-state index contributed by atoms with van der Waals surface area (Å²) in [4.78, 5) is 16.4. The number of likely N-dealkylation sites (tertiary alicyclic amines) is 1. The molecule has 2 aromatic rings. The first-order chi connectivity index (χ1) is 11.6. The van der Waals surface area contributed by atoms with Gasteiger partial charge in [0.05, 0.1) is 11.5 Å². The SMILES string of the molecule is Cc1ccc(C(=O)N2CCC(CCOc3cccc(F)c3)CC2)s1. The summed E-state index contributed by atoms with van der Waals surface area (Å²) in [6.45, 7) is 4.22. The van der Waals surface area contributed by atoms with E-state index >= 15 is 0 Å². The zero-order valence-electron chi connectivity index (χ0n) is 13.8. The normalized spacial score (nSPS) is 15.5. The van der Waals surface area contributed by atoms with Gasteiger partial charge in [0.1, 0.15) is 11.6 Å². The van der Waals surface area contributed by atoms with E-state index in [1.54, 1.807) is 23.5 Å².